The summed E-state index contributed by atoms with van der Waals surface area (Å²) in [6.45, 7) is 5.54. The van der Waals surface area contributed by atoms with E-state index >= 15 is 0 Å². The number of amides is 3. The van der Waals surface area contributed by atoms with Crippen molar-refractivity contribution in [3.63, 3.8) is 0 Å². The Balaban J connectivity index is 0.000000308. The van der Waals surface area contributed by atoms with Crippen LogP contribution >= 0.6 is 0 Å². The normalized spacial score (nSPS) is 25.9. The van der Waals surface area contributed by atoms with Gasteiger partial charge in [-0.2, -0.15) is 0 Å². The summed E-state index contributed by atoms with van der Waals surface area (Å²) >= 11 is 0. The van der Waals surface area contributed by atoms with Gasteiger partial charge in [0.2, 0.25) is 5.91 Å². The smallest absolute Gasteiger partial charge is 0.397 e. The van der Waals surface area contributed by atoms with Crippen LogP contribution in [0.3, 0.4) is 0 Å². The first kappa shape index (κ1) is 48.9. The number of carbonyl (C=O) groups is 6. The van der Waals surface area contributed by atoms with Gasteiger partial charge < -0.3 is 53.8 Å². The molecule has 3 amide bonds. The van der Waals surface area contributed by atoms with Crippen LogP contribution < -0.4 is 25.4 Å². The number of rotatable bonds is 15. The lowest BCUT2D eigenvalue weighted by molar-refractivity contribution is -0.160. The summed E-state index contributed by atoms with van der Waals surface area (Å²) < 4.78 is 42.4. The molecule has 1 aromatic rings. The summed E-state index contributed by atoms with van der Waals surface area (Å²) in [6, 6.07) is 5.42. The van der Waals surface area contributed by atoms with Crippen LogP contribution in [0.1, 0.15) is 72.1 Å². The van der Waals surface area contributed by atoms with E-state index in [1.54, 1.807) is 24.3 Å². The number of esters is 3. The van der Waals surface area contributed by atoms with E-state index in [1.807, 2.05) is 20.8 Å². The van der Waals surface area contributed by atoms with Gasteiger partial charge in [0.15, 0.2) is 13.2 Å². The first-order valence-corrected chi connectivity index (χ1v) is 19.0. The van der Waals surface area contributed by atoms with Crippen molar-refractivity contribution in [2.45, 2.75) is 127 Å². The van der Waals surface area contributed by atoms with Gasteiger partial charge in [0.25, 0.3) is 5.91 Å². The molecule has 3 N–H and O–H groups in total. The van der Waals surface area contributed by atoms with Crippen molar-refractivity contribution in [2.75, 3.05) is 34.4 Å². The standard InChI is InChI=1S/C17H22BNO6.C11H18BNO4.C9H14BNO4/c1-3-13-14(8-15(18)24-13)25-17(21)10-23-12-6-4-11(5-7-12)22-9-16(20)19-2;1-3-7-8(6-9(12)16-7)17-11(15)5-4-10(14)13-2;1-3-5-6(4-7(10)14-5)15-9(13)8(12)11-2/h4-7,13-15H,3,8-10H2,1-2H3,(H,19,20);7-9H,3-6H2,1-2H3,(H,13,14);5-7H,3-4H2,1-2H3,(H,11,12)/t13-,14?,15-;7-,8?,9-;5-,6?,7-/m111/s1. The SMILES string of the molecule is [B][C@H]1CC(OC(=O)C(=O)NC)[C@@H](CC)O1.[B][C@H]1CC(OC(=O)CCC(=O)NC)[C@@H](CC)O1.[B][C@H]1CC(OC(=O)COc2ccc(OCC(=O)NC)cc2)[C@@H](CC)O1. The second-order valence-corrected chi connectivity index (χ2v) is 13.0. The van der Waals surface area contributed by atoms with Gasteiger partial charge >= 0.3 is 23.8 Å². The van der Waals surface area contributed by atoms with Crippen LogP contribution in [-0.2, 0) is 57.2 Å². The van der Waals surface area contributed by atoms with Crippen molar-refractivity contribution in [3.8, 4) is 11.5 Å². The van der Waals surface area contributed by atoms with E-state index in [4.69, 9.17) is 61.4 Å². The van der Waals surface area contributed by atoms with Gasteiger partial charge in [-0.05, 0) is 43.5 Å². The molecule has 0 spiro atoms. The average molecular weight is 797 g/mol. The van der Waals surface area contributed by atoms with E-state index in [1.165, 1.54) is 21.1 Å². The van der Waals surface area contributed by atoms with Crippen LogP contribution in [0.5, 0.6) is 11.5 Å². The zero-order valence-corrected chi connectivity index (χ0v) is 33.5. The maximum absolute atomic E-state index is 11.9. The lowest BCUT2D eigenvalue weighted by Crippen LogP contribution is -2.35. The van der Waals surface area contributed by atoms with E-state index in [9.17, 15) is 28.8 Å². The van der Waals surface area contributed by atoms with Gasteiger partial charge in [-0.3, -0.25) is 19.2 Å². The van der Waals surface area contributed by atoms with E-state index < -0.39 is 36.0 Å². The molecular weight excluding hydrogens is 743 g/mol. The van der Waals surface area contributed by atoms with Gasteiger partial charge in [0.05, 0.1) is 24.7 Å². The fourth-order valence-electron chi connectivity index (χ4n) is 5.75. The Bertz CT molecular complexity index is 1440. The highest BCUT2D eigenvalue weighted by Crippen LogP contribution is 2.26. The van der Waals surface area contributed by atoms with Gasteiger partial charge in [0, 0.05) is 64.8 Å². The summed E-state index contributed by atoms with van der Waals surface area (Å²) in [7, 11) is 21.4. The number of nitrogens with one attached hydrogen (secondary N) is 3. The predicted molar refractivity (Wildman–Crippen MR) is 206 cm³/mol. The van der Waals surface area contributed by atoms with E-state index in [-0.39, 0.29) is 80.4 Å². The second kappa shape index (κ2) is 25.9. The van der Waals surface area contributed by atoms with E-state index in [0.717, 1.165) is 12.8 Å². The molecule has 3 unspecified atom stereocenters. The first-order chi connectivity index (χ1) is 27.2. The molecule has 3 aliphatic heterocycles. The molecular formula is C37H54B3N3O14. The first-order valence-electron chi connectivity index (χ1n) is 19.0. The number of hydrogen-bond donors (Lipinski definition) is 3. The van der Waals surface area contributed by atoms with Crippen molar-refractivity contribution in [1.82, 2.24) is 16.0 Å². The minimum absolute atomic E-state index is 0.0623. The molecule has 1 aromatic carbocycles. The molecule has 0 saturated carbocycles. The van der Waals surface area contributed by atoms with Gasteiger partial charge in [-0.15, -0.1) is 0 Å². The molecule has 3 heterocycles. The third-order valence-corrected chi connectivity index (χ3v) is 8.79. The minimum Gasteiger partial charge on any atom is -0.484 e. The zero-order chi connectivity index (χ0) is 42.5. The lowest BCUT2D eigenvalue weighted by Gasteiger charge is -2.17. The number of likely N-dealkylation sites (N-methyl/N-ethyl adjacent to an activating group) is 2. The van der Waals surface area contributed by atoms with E-state index in [0.29, 0.717) is 37.2 Å². The van der Waals surface area contributed by atoms with Crippen LogP contribution in [-0.4, -0.2) is 148 Å². The fraction of sp³-hybridized carbons (Fsp3) is 0.676. The number of hydrogen-bond acceptors (Lipinski definition) is 14. The van der Waals surface area contributed by atoms with Crippen molar-refractivity contribution in [3.05, 3.63) is 24.3 Å². The van der Waals surface area contributed by atoms with Crippen LogP contribution in [0.25, 0.3) is 0 Å². The maximum atomic E-state index is 11.9. The molecule has 57 heavy (non-hydrogen) atoms. The van der Waals surface area contributed by atoms with Crippen molar-refractivity contribution >= 4 is 59.2 Å². The Morgan fingerprint density at radius 3 is 1.39 bits per heavy atom. The third-order valence-electron chi connectivity index (χ3n) is 8.79. The van der Waals surface area contributed by atoms with Gasteiger partial charge in [-0.25, -0.2) is 9.59 Å². The molecule has 6 radical (unpaired) electrons. The molecule has 0 aliphatic carbocycles. The molecule has 3 fully saturated rings. The Labute approximate surface area is 338 Å². The van der Waals surface area contributed by atoms with Crippen LogP contribution in [0, 0.1) is 0 Å². The van der Waals surface area contributed by atoms with E-state index in [2.05, 4.69) is 16.0 Å². The zero-order valence-electron chi connectivity index (χ0n) is 33.5. The second-order valence-electron chi connectivity index (χ2n) is 13.0. The lowest BCUT2D eigenvalue weighted by atomic mass is 9.96. The molecule has 9 atom stereocenters. The quantitative estimate of drug-likeness (QED) is 0.0941. The Kier molecular flexibility index (Phi) is 22.2. The molecule has 310 valence electrons. The third kappa shape index (κ3) is 17.8. The average Bonchev–Trinajstić information content (AvgIpc) is 3.88. The molecule has 20 heteroatoms. The van der Waals surface area contributed by atoms with Crippen molar-refractivity contribution in [1.29, 1.82) is 0 Å². The summed E-state index contributed by atoms with van der Waals surface area (Å²) in [5.74, 6) is -1.87. The van der Waals surface area contributed by atoms with Crippen molar-refractivity contribution < 1.29 is 66.7 Å². The monoisotopic (exact) mass is 797 g/mol. The Hall–Kier alpha value is -4.29. The van der Waals surface area contributed by atoms with Crippen molar-refractivity contribution in [2.24, 2.45) is 0 Å². The fourth-order valence-corrected chi connectivity index (χ4v) is 5.75. The number of ether oxygens (including phenoxy) is 8. The summed E-state index contributed by atoms with van der Waals surface area (Å²) in [4.78, 5) is 67.6. The Morgan fingerprint density at radius 2 is 0.982 bits per heavy atom. The van der Waals surface area contributed by atoms with Gasteiger partial charge in [0.1, 0.15) is 53.3 Å². The predicted octanol–water partition coefficient (Wildman–Crippen LogP) is 0.251. The molecule has 0 aromatic heterocycles. The molecule has 0 bridgehead atoms. The molecule has 3 saturated heterocycles. The van der Waals surface area contributed by atoms with Crippen LogP contribution in [0.4, 0.5) is 0 Å². The number of benzene rings is 1. The largest absolute Gasteiger partial charge is 0.484 e. The summed E-state index contributed by atoms with van der Waals surface area (Å²) in [5.41, 5.74) is 0. The summed E-state index contributed by atoms with van der Waals surface area (Å²) in [6.07, 6.45) is 2.28. The molecule has 3 aliphatic rings. The Morgan fingerprint density at radius 1 is 0.579 bits per heavy atom. The highest BCUT2D eigenvalue weighted by atomic mass is 16.6. The number of carbonyl (C=O) groups excluding carboxylic acids is 6. The van der Waals surface area contributed by atoms with Crippen LogP contribution in [0.15, 0.2) is 24.3 Å². The molecule has 4 rings (SSSR count). The topological polar surface area (TPSA) is 212 Å². The molecule has 17 nitrogen and oxygen atoms in total. The summed E-state index contributed by atoms with van der Waals surface area (Å²) in [5, 5.41) is 7.11. The highest BCUT2D eigenvalue weighted by Gasteiger charge is 2.36. The minimum atomic E-state index is -0.890. The van der Waals surface area contributed by atoms with Crippen LogP contribution in [0.2, 0.25) is 0 Å². The maximum Gasteiger partial charge on any atom is 0.397 e. The highest BCUT2D eigenvalue weighted by molar-refractivity contribution is 6.32. The van der Waals surface area contributed by atoms with Gasteiger partial charge in [-0.1, -0.05) is 20.8 Å².